The number of halogens is 1. The van der Waals surface area contributed by atoms with Crippen LogP contribution in [0.1, 0.15) is 52.4 Å². The summed E-state index contributed by atoms with van der Waals surface area (Å²) in [5, 5.41) is 0. The molecular weight excluding hydrogens is 156 g/mol. The minimum atomic E-state index is 0.744. The van der Waals surface area contributed by atoms with Gasteiger partial charge >= 0.3 is 0 Å². The number of alkyl halides is 1. The monoisotopic (exact) mass is 175 g/mol. The maximum atomic E-state index is 5.66. The summed E-state index contributed by atoms with van der Waals surface area (Å²) >= 11 is 5.66. The van der Waals surface area contributed by atoms with E-state index in [4.69, 9.17) is 11.6 Å². The van der Waals surface area contributed by atoms with E-state index in [1.54, 1.807) is 0 Å². The molecule has 0 nitrogen and oxygen atoms in total. The molecule has 11 heavy (non-hydrogen) atoms. The van der Waals surface area contributed by atoms with Crippen LogP contribution in [-0.2, 0) is 0 Å². The molecule has 0 atom stereocenters. The predicted octanol–water partition coefficient (Wildman–Crippen LogP) is 4.18. The first kappa shape index (κ1) is 11.3. The average molecular weight is 176 g/mol. The van der Waals surface area contributed by atoms with Crippen LogP contribution in [0.25, 0.3) is 0 Å². The van der Waals surface area contributed by atoms with Gasteiger partial charge in [-0.3, -0.25) is 0 Å². The van der Waals surface area contributed by atoms with Gasteiger partial charge in [0.05, 0.1) is 0 Å². The third kappa shape index (κ3) is 8.19. The zero-order valence-corrected chi connectivity index (χ0v) is 8.58. The Kier molecular flexibility index (Phi) is 8.61. The van der Waals surface area contributed by atoms with Gasteiger partial charge in [-0.2, -0.15) is 0 Å². The second-order valence-electron chi connectivity index (χ2n) is 3.25. The lowest BCUT2D eigenvalue weighted by atomic mass is 10.0. The minimum Gasteiger partial charge on any atom is -0.126 e. The highest BCUT2D eigenvalue weighted by Crippen LogP contribution is 2.13. The topological polar surface area (TPSA) is 0 Å². The predicted molar refractivity (Wildman–Crippen MR) is 53.0 cm³/mol. The molecule has 0 unspecified atom stereocenters. The molecule has 1 heteroatoms. The summed E-state index contributed by atoms with van der Waals surface area (Å²) in [5.41, 5.74) is 0. The first-order valence-corrected chi connectivity index (χ1v) is 5.22. The second-order valence-corrected chi connectivity index (χ2v) is 3.52. The Morgan fingerprint density at radius 2 is 1.73 bits per heavy atom. The van der Waals surface area contributed by atoms with Crippen molar-refractivity contribution in [2.75, 3.05) is 5.88 Å². The van der Waals surface area contributed by atoms with E-state index in [1.807, 2.05) is 0 Å². The van der Waals surface area contributed by atoms with Gasteiger partial charge in [0.25, 0.3) is 0 Å². The maximum absolute atomic E-state index is 5.66. The van der Waals surface area contributed by atoms with Crippen LogP contribution in [0.2, 0.25) is 0 Å². The summed E-state index contributed by atoms with van der Waals surface area (Å²) in [5.74, 6) is 2.18. The van der Waals surface area contributed by atoms with Crippen LogP contribution in [0.15, 0.2) is 0 Å². The fraction of sp³-hybridized carbons (Fsp3) is 0.900. The van der Waals surface area contributed by atoms with Gasteiger partial charge in [0, 0.05) is 5.88 Å². The van der Waals surface area contributed by atoms with Gasteiger partial charge in [-0.15, -0.1) is 11.6 Å². The van der Waals surface area contributed by atoms with E-state index in [0.29, 0.717) is 0 Å². The molecule has 0 aliphatic carbocycles. The molecule has 1 radical (unpaired) electrons. The third-order valence-electron chi connectivity index (χ3n) is 1.94. The van der Waals surface area contributed by atoms with Crippen LogP contribution in [0.3, 0.4) is 0 Å². The van der Waals surface area contributed by atoms with Crippen molar-refractivity contribution in [3.63, 3.8) is 0 Å². The lowest BCUT2D eigenvalue weighted by molar-refractivity contribution is 0.614. The van der Waals surface area contributed by atoms with Gasteiger partial charge in [-0.25, -0.2) is 0 Å². The van der Waals surface area contributed by atoms with Crippen LogP contribution < -0.4 is 0 Å². The van der Waals surface area contributed by atoms with Crippen LogP contribution in [0.4, 0.5) is 0 Å². The number of hydrogen-bond donors (Lipinski definition) is 0. The van der Waals surface area contributed by atoms with E-state index in [0.717, 1.165) is 5.88 Å². The Bertz CT molecular complexity index is 71.3. The average Bonchev–Trinajstić information content (AvgIpc) is 2.04. The largest absolute Gasteiger partial charge is 0.126 e. The van der Waals surface area contributed by atoms with E-state index >= 15 is 0 Å². The third-order valence-corrected chi connectivity index (χ3v) is 2.39. The Balaban J connectivity index is 2.89. The van der Waals surface area contributed by atoms with E-state index < -0.39 is 0 Å². The van der Waals surface area contributed by atoms with Crippen molar-refractivity contribution in [2.45, 2.75) is 52.4 Å². The molecule has 0 rings (SSSR count). The molecule has 0 saturated carbocycles. The van der Waals surface area contributed by atoms with Crippen LogP contribution in [-0.4, -0.2) is 5.88 Å². The smallest absolute Gasteiger partial charge is 0.0282 e. The Morgan fingerprint density at radius 3 is 2.27 bits per heavy atom. The van der Waals surface area contributed by atoms with Crippen molar-refractivity contribution in [2.24, 2.45) is 0 Å². The van der Waals surface area contributed by atoms with Crippen LogP contribution >= 0.6 is 11.6 Å². The fourth-order valence-corrected chi connectivity index (χ4v) is 1.23. The summed E-state index contributed by atoms with van der Waals surface area (Å²) in [6.45, 7) is 4.39. The van der Waals surface area contributed by atoms with Crippen molar-refractivity contribution >= 4 is 11.6 Å². The summed E-state index contributed by atoms with van der Waals surface area (Å²) < 4.78 is 0. The van der Waals surface area contributed by atoms with Crippen molar-refractivity contribution in [3.05, 3.63) is 5.92 Å². The molecule has 0 amide bonds. The molecule has 0 spiro atoms. The van der Waals surface area contributed by atoms with E-state index in [2.05, 4.69) is 13.8 Å². The van der Waals surface area contributed by atoms with E-state index in [9.17, 15) is 0 Å². The summed E-state index contributed by atoms with van der Waals surface area (Å²) in [6.07, 6.45) is 8.05. The Morgan fingerprint density at radius 1 is 1.09 bits per heavy atom. The van der Waals surface area contributed by atoms with Crippen molar-refractivity contribution in [3.8, 4) is 0 Å². The fourth-order valence-electron chi connectivity index (χ4n) is 1.10. The first-order valence-electron chi connectivity index (χ1n) is 4.68. The van der Waals surface area contributed by atoms with Gasteiger partial charge in [0.1, 0.15) is 0 Å². The van der Waals surface area contributed by atoms with Gasteiger partial charge in [0.15, 0.2) is 0 Å². The quantitative estimate of drug-likeness (QED) is 0.402. The highest BCUT2D eigenvalue weighted by Gasteiger charge is 1.98. The van der Waals surface area contributed by atoms with Gasteiger partial charge in [-0.05, 0) is 12.3 Å². The lowest BCUT2D eigenvalue weighted by Crippen LogP contribution is -1.92. The standard InChI is InChI=1S/C10H20Cl/c1-3-4-5-6-7-8-10(2)9-11/h3-9H2,1-2H3. The molecule has 0 N–H and O–H groups in total. The normalized spacial score (nSPS) is 10.9. The summed E-state index contributed by atoms with van der Waals surface area (Å²) in [6, 6.07) is 0. The van der Waals surface area contributed by atoms with Crippen molar-refractivity contribution in [1.82, 2.24) is 0 Å². The molecule has 0 bridgehead atoms. The molecule has 0 heterocycles. The van der Waals surface area contributed by atoms with E-state index in [1.165, 1.54) is 44.4 Å². The van der Waals surface area contributed by atoms with Crippen LogP contribution in [0.5, 0.6) is 0 Å². The molecular formula is C10H20Cl. The van der Waals surface area contributed by atoms with Crippen LogP contribution in [0, 0.1) is 5.92 Å². The summed E-state index contributed by atoms with van der Waals surface area (Å²) in [4.78, 5) is 0. The number of unbranched alkanes of at least 4 members (excludes halogenated alkanes) is 4. The highest BCUT2D eigenvalue weighted by molar-refractivity contribution is 6.19. The number of hydrogen-bond acceptors (Lipinski definition) is 0. The molecule has 0 aromatic heterocycles. The minimum absolute atomic E-state index is 0.744. The van der Waals surface area contributed by atoms with Gasteiger partial charge in [0.2, 0.25) is 0 Å². The molecule has 0 aliphatic rings. The lowest BCUT2D eigenvalue weighted by Gasteiger charge is -2.04. The molecule has 0 saturated heterocycles. The second kappa shape index (κ2) is 8.39. The zero-order valence-electron chi connectivity index (χ0n) is 7.83. The SMILES string of the molecule is CCCCCCC[C](C)CCl. The number of rotatable bonds is 7. The van der Waals surface area contributed by atoms with Gasteiger partial charge in [-0.1, -0.05) is 46.0 Å². The highest BCUT2D eigenvalue weighted by atomic mass is 35.5. The molecule has 0 aromatic rings. The molecule has 67 valence electrons. The van der Waals surface area contributed by atoms with E-state index in [-0.39, 0.29) is 0 Å². The first-order chi connectivity index (χ1) is 5.31. The molecule has 0 aromatic carbocycles. The van der Waals surface area contributed by atoms with Crippen molar-refractivity contribution in [1.29, 1.82) is 0 Å². The maximum Gasteiger partial charge on any atom is 0.0282 e. The van der Waals surface area contributed by atoms with Crippen molar-refractivity contribution < 1.29 is 0 Å². The van der Waals surface area contributed by atoms with Gasteiger partial charge < -0.3 is 0 Å². The Labute approximate surface area is 76.3 Å². The molecule has 0 aliphatic heterocycles. The molecule has 0 fully saturated rings. The zero-order chi connectivity index (χ0) is 8.53. The summed E-state index contributed by atoms with van der Waals surface area (Å²) in [7, 11) is 0. The Hall–Kier alpha value is 0.290.